The van der Waals surface area contributed by atoms with Crippen molar-refractivity contribution in [2.24, 2.45) is 0 Å². The molecule has 0 unspecified atom stereocenters. The van der Waals surface area contributed by atoms with Crippen LogP contribution in [0.1, 0.15) is 113 Å². The number of aromatic nitrogens is 2. The molecule has 0 atom stereocenters. The molecule has 10 rings (SSSR count). The van der Waals surface area contributed by atoms with Crippen molar-refractivity contribution in [1.82, 2.24) is 9.55 Å². The maximum absolute atomic E-state index is 7.10. The predicted molar refractivity (Wildman–Crippen MR) is 288 cm³/mol. The number of pyridine rings is 1. The van der Waals surface area contributed by atoms with Gasteiger partial charge in [0.05, 0.1) is 22.4 Å². The van der Waals surface area contributed by atoms with Gasteiger partial charge in [-0.15, -0.1) is 0 Å². The highest BCUT2D eigenvalue weighted by molar-refractivity contribution is 6.09. The predicted octanol–water partition coefficient (Wildman–Crippen LogP) is 17.8. The number of rotatable bonds is 10. The van der Waals surface area contributed by atoms with Crippen LogP contribution in [0.15, 0.2) is 158 Å². The van der Waals surface area contributed by atoms with Crippen LogP contribution in [0.2, 0.25) is 0 Å². The number of ether oxygens (including phenoxy) is 1. The summed E-state index contributed by atoms with van der Waals surface area (Å²) in [7, 11) is 0. The molecular formula is C63H64N4O. The zero-order valence-electron chi connectivity index (χ0n) is 41.6. The molecule has 0 radical (unpaired) electrons. The standard InChI is InChI=1S/C63H64N4O/c1-39(2)45-32-54(40(3)4)62(55(33-45)41(5)6)44-28-29-64-60(34-44)67-56-23-13-12-22-52(56)53-27-26-50(37-59(53)67)68-51-31-46(61-42(7)18-16-19-43(61)8)30-49(36-51)66-38-65(57-24-14-15-25-58(57)66)48-21-17-20-47(35-48)63(9,10)11/h12-37,39-41H,38H2,1-11H3. The fraction of sp³-hybridized carbons (Fsp3) is 0.254. The van der Waals surface area contributed by atoms with Crippen molar-refractivity contribution >= 4 is 44.6 Å². The molecule has 5 heteroatoms. The molecule has 0 aliphatic carbocycles. The summed E-state index contributed by atoms with van der Waals surface area (Å²) in [6, 6.07) is 55.6. The maximum atomic E-state index is 7.10. The minimum atomic E-state index is 0.0357. The summed E-state index contributed by atoms with van der Waals surface area (Å²) in [6.07, 6.45) is 1.98. The Bertz CT molecular complexity index is 3310. The Balaban J connectivity index is 1.10. The number of hydrogen-bond donors (Lipinski definition) is 0. The second-order valence-corrected chi connectivity index (χ2v) is 20.8. The summed E-state index contributed by atoms with van der Waals surface area (Å²) >= 11 is 0. The largest absolute Gasteiger partial charge is 0.457 e. The highest BCUT2D eigenvalue weighted by Crippen LogP contribution is 2.48. The number of anilines is 4. The summed E-state index contributed by atoms with van der Waals surface area (Å²) in [5, 5.41) is 2.33. The van der Waals surface area contributed by atoms with Crippen LogP contribution in [0.5, 0.6) is 11.5 Å². The lowest BCUT2D eigenvalue weighted by Gasteiger charge is -2.25. The molecule has 9 aromatic rings. The average Bonchev–Trinajstić information content (AvgIpc) is 3.87. The van der Waals surface area contributed by atoms with Gasteiger partial charge in [-0.3, -0.25) is 4.57 Å². The number of nitrogens with zero attached hydrogens (tertiary/aromatic N) is 4. The molecule has 5 nitrogen and oxygen atoms in total. The van der Waals surface area contributed by atoms with E-state index in [0.29, 0.717) is 24.4 Å². The number of hydrogen-bond acceptors (Lipinski definition) is 4. The molecule has 1 aliphatic heterocycles. The van der Waals surface area contributed by atoms with Crippen LogP contribution in [0.4, 0.5) is 22.7 Å². The maximum Gasteiger partial charge on any atom is 0.138 e. The van der Waals surface area contributed by atoms with E-state index in [4.69, 9.17) is 9.72 Å². The third-order valence-corrected chi connectivity index (χ3v) is 14.0. The third-order valence-electron chi connectivity index (χ3n) is 14.0. The first kappa shape index (κ1) is 44.7. The van der Waals surface area contributed by atoms with Crippen LogP contribution in [0.25, 0.3) is 49.9 Å². The minimum absolute atomic E-state index is 0.0357. The molecular weight excluding hydrogens is 829 g/mol. The van der Waals surface area contributed by atoms with E-state index < -0.39 is 0 Å². The van der Waals surface area contributed by atoms with Crippen molar-refractivity contribution in [3.63, 3.8) is 0 Å². The Hall–Kier alpha value is -7.11. The molecule has 0 bridgehead atoms. The lowest BCUT2D eigenvalue weighted by atomic mass is 9.82. The monoisotopic (exact) mass is 893 g/mol. The lowest BCUT2D eigenvalue weighted by Crippen LogP contribution is -2.24. The van der Waals surface area contributed by atoms with E-state index in [-0.39, 0.29) is 5.41 Å². The third kappa shape index (κ3) is 8.12. The van der Waals surface area contributed by atoms with Gasteiger partial charge in [0.2, 0.25) is 0 Å². The van der Waals surface area contributed by atoms with Crippen molar-refractivity contribution in [2.75, 3.05) is 16.5 Å². The Morgan fingerprint density at radius 3 is 1.84 bits per heavy atom. The van der Waals surface area contributed by atoms with Crippen molar-refractivity contribution in [3.8, 4) is 39.6 Å². The molecule has 1 aliphatic rings. The van der Waals surface area contributed by atoms with E-state index in [1.54, 1.807) is 0 Å². The number of aryl methyl sites for hydroxylation is 2. The molecule has 0 saturated heterocycles. The molecule has 3 heterocycles. The fourth-order valence-electron chi connectivity index (χ4n) is 10.4. The van der Waals surface area contributed by atoms with Gasteiger partial charge in [-0.1, -0.05) is 135 Å². The first-order valence-electron chi connectivity index (χ1n) is 24.5. The molecule has 342 valence electrons. The molecule has 0 saturated carbocycles. The van der Waals surface area contributed by atoms with Gasteiger partial charge >= 0.3 is 0 Å². The second-order valence-electron chi connectivity index (χ2n) is 20.8. The van der Waals surface area contributed by atoms with Gasteiger partial charge in [0.15, 0.2) is 0 Å². The Labute approximate surface area is 403 Å². The zero-order valence-corrected chi connectivity index (χ0v) is 41.6. The Morgan fingerprint density at radius 2 is 1.16 bits per heavy atom. The first-order chi connectivity index (χ1) is 32.6. The van der Waals surface area contributed by atoms with Crippen molar-refractivity contribution in [3.05, 3.63) is 191 Å². The van der Waals surface area contributed by atoms with Crippen LogP contribution < -0.4 is 14.5 Å². The van der Waals surface area contributed by atoms with E-state index in [0.717, 1.165) is 50.7 Å². The van der Waals surface area contributed by atoms with Crippen molar-refractivity contribution in [2.45, 2.75) is 99.3 Å². The molecule has 0 spiro atoms. The molecule has 0 amide bonds. The Morgan fingerprint density at radius 1 is 0.515 bits per heavy atom. The summed E-state index contributed by atoms with van der Waals surface area (Å²) in [5.74, 6) is 3.60. The van der Waals surface area contributed by atoms with Crippen molar-refractivity contribution < 1.29 is 4.74 Å². The fourth-order valence-corrected chi connectivity index (χ4v) is 10.4. The lowest BCUT2D eigenvalue weighted by molar-refractivity contribution is 0.483. The van der Waals surface area contributed by atoms with Gasteiger partial charge in [0.1, 0.15) is 24.0 Å². The molecule has 68 heavy (non-hydrogen) atoms. The van der Waals surface area contributed by atoms with Gasteiger partial charge < -0.3 is 14.5 Å². The topological polar surface area (TPSA) is 33.5 Å². The highest BCUT2D eigenvalue weighted by Gasteiger charge is 2.30. The smallest absolute Gasteiger partial charge is 0.138 e. The summed E-state index contributed by atoms with van der Waals surface area (Å²) < 4.78 is 9.42. The molecule has 0 N–H and O–H groups in total. The zero-order chi connectivity index (χ0) is 47.6. The van der Waals surface area contributed by atoms with Gasteiger partial charge in [0.25, 0.3) is 0 Å². The van der Waals surface area contributed by atoms with Gasteiger partial charge in [0, 0.05) is 40.5 Å². The molecule has 7 aromatic carbocycles. The molecule has 2 aromatic heterocycles. The van der Waals surface area contributed by atoms with Crippen LogP contribution in [-0.2, 0) is 5.41 Å². The first-order valence-corrected chi connectivity index (χ1v) is 24.5. The van der Waals surface area contributed by atoms with Gasteiger partial charge in [-0.2, -0.15) is 0 Å². The van der Waals surface area contributed by atoms with E-state index in [2.05, 4.69) is 242 Å². The van der Waals surface area contributed by atoms with Gasteiger partial charge in [-0.05, 0) is 159 Å². The van der Waals surface area contributed by atoms with Crippen LogP contribution >= 0.6 is 0 Å². The average molecular weight is 893 g/mol. The quantitative estimate of drug-likeness (QED) is 0.137. The van der Waals surface area contributed by atoms with Crippen LogP contribution in [0, 0.1) is 13.8 Å². The summed E-state index contributed by atoms with van der Waals surface area (Å²) in [6.45, 7) is 25.8. The molecule has 0 fully saturated rings. The number of benzene rings is 7. The minimum Gasteiger partial charge on any atom is -0.457 e. The SMILES string of the molecule is Cc1cccc(C)c1-c1cc(Oc2ccc3c4ccccc4n(-c4cc(-c5c(C(C)C)cc(C(C)C)cc5C(C)C)ccn4)c3c2)cc(N2CN(c3cccc(C(C)(C)C)c3)c3ccccc32)c1. The number of para-hydroxylation sites is 3. The highest BCUT2D eigenvalue weighted by atomic mass is 16.5. The van der Waals surface area contributed by atoms with Crippen LogP contribution in [-0.4, -0.2) is 16.2 Å². The Kier molecular flexibility index (Phi) is 11.5. The summed E-state index contributed by atoms with van der Waals surface area (Å²) in [5.41, 5.74) is 19.6. The second kappa shape index (κ2) is 17.5. The van der Waals surface area contributed by atoms with E-state index >= 15 is 0 Å². The van der Waals surface area contributed by atoms with E-state index in [9.17, 15) is 0 Å². The van der Waals surface area contributed by atoms with Crippen molar-refractivity contribution in [1.29, 1.82) is 0 Å². The van der Waals surface area contributed by atoms with Gasteiger partial charge in [-0.25, -0.2) is 4.98 Å². The normalized spacial score (nSPS) is 12.9. The number of fused-ring (bicyclic) bond motifs is 4. The van der Waals surface area contributed by atoms with E-state index in [1.807, 2.05) is 6.20 Å². The van der Waals surface area contributed by atoms with Crippen LogP contribution in [0.3, 0.4) is 0 Å². The van der Waals surface area contributed by atoms with E-state index in [1.165, 1.54) is 66.8 Å². The summed E-state index contributed by atoms with van der Waals surface area (Å²) in [4.78, 5) is 9.97.